The molecular formula is C25H24Br2N2O. The summed E-state index contributed by atoms with van der Waals surface area (Å²) in [6.07, 6.45) is 3.27. The summed E-state index contributed by atoms with van der Waals surface area (Å²) in [5.41, 5.74) is 9.12. The van der Waals surface area contributed by atoms with Gasteiger partial charge in [0.15, 0.2) is 11.0 Å². The molecule has 1 aliphatic rings. The second-order valence-corrected chi connectivity index (χ2v) is 8.78. The van der Waals surface area contributed by atoms with Gasteiger partial charge in [-0.2, -0.15) is 0 Å². The third-order valence-corrected chi connectivity index (χ3v) is 6.67. The molecule has 1 aromatic heterocycles. The van der Waals surface area contributed by atoms with Gasteiger partial charge >= 0.3 is 0 Å². The molecule has 154 valence electrons. The van der Waals surface area contributed by atoms with Crippen LogP contribution in [0.3, 0.4) is 0 Å². The molecule has 0 aliphatic carbocycles. The van der Waals surface area contributed by atoms with Crippen molar-refractivity contribution in [1.29, 1.82) is 0 Å². The Morgan fingerprint density at radius 3 is 2.67 bits per heavy atom. The van der Waals surface area contributed by atoms with Crippen molar-refractivity contribution >= 4 is 27.0 Å². The zero-order valence-electron chi connectivity index (χ0n) is 17.2. The number of aromatic nitrogens is 2. The van der Waals surface area contributed by atoms with E-state index in [1.165, 1.54) is 38.9 Å². The van der Waals surface area contributed by atoms with Crippen molar-refractivity contribution in [2.45, 2.75) is 33.4 Å². The van der Waals surface area contributed by atoms with Crippen LogP contribution in [0.1, 0.15) is 27.8 Å². The Bertz CT molecular complexity index is 1230. The smallest absolute Gasteiger partial charge is 0.245 e. The Balaban J connectivity index is 0.00000218. The largest absolute Gasteiger partial charge is 1.00 e. The lowest BCUT2D eigenvalue weighted by atomic mass is 10.1. The summed E-state index contributed by atoms with van der Waals surface area (Å²) < 4.78 is 11.5. The van der Waals surface area contributed by atoms with Crippen molar-refractivity contribution in [3.63, 3.8) is 0 Å². The number of rotatable bonds is 4. The van der Waals surface area contributed by atoms with Gasteiger partial charge in [-0.25, -0.2) is 9.13 Å². The quantitative estimate of drug-likeness (QED) is 0.373. The van der Waals surface area contributed by atoms with Crippen LogP contribution in [0.5, 0.6) is 5.75 Å². The average molecular weight is 528 g/mol. The van der Waals surface area contributed by atoms with Crippen LogP contribution >= 0.6 is 15.9 Å². The predicted molar refractivity (Wildman–Crippen MR) is 120 cm³/mol. The molecular weight excluding hydrogens is 504 g/mol. The summed E-state index contributed by atoms with van der Waals surface area (Å²) in [6.45, 7) is 6.88. The van der Waals surface area contributed by atoms with E-state index in [9.17, 15) is 0 Å². The molecule has 1 aliphatic heterocycles. The van der Waals surface area contributed by atoms with Gasteiger partial charge in [0, 0.05) is 16.5 Å². The summed E-state index contributed by atoms with van der Waals surface area (Å²) in [5, 5.41) is 0. The maximum atomic E-state index is 5.67. The number of hydrogen-bond donors (Lipinski definition) is 0. The first-order valence-corrected chi connectivity index (χ1v) is 10.9. The molecule has 0 saturated carbocycles. The average Bonchev–Trinajstić information content (AvgIpc) is 3.29. The Kier molecular flexibility index (Phi) is 6.03. The minimum absolute atomic E-state index is 0. The number of ether oxygens (including phenoxy) is 1. The molecule has 0 bridgehead atoms. The van der Waals surface area contributed by atoms with Gasteiger partial charge in [0.2, 0.25) is 6.33 Å². The minimum atomic E-state index is 0. The first-order chi connectivity index (χ1) is 14.1. The second-order valence-electron chi connectivity index (χ2n) is 7.93. The van der Waals surface area contributed by atoms with E-state index in [-0.39, 0.29) is 17.0 Å². The van der Waals surface area contributed by atoms with E-state index in [0.717, 1.165) is 36.3 Å². The number of aryl methyl sites for hydroxylation is 2. The molecule has 0 radical (unpaired) electrons. The van der Waals surface area contributed by atoms with Crippen LogP contribution in [0.25, 0.3) is 11.0 Å². The monoisotopic (exact) mass is 526 g/mol. The van der Waals surface area contributed by atoms with Gasteiger partial charge in [-0.3, -0.25) is 0 Å². The van der Waals surface area contributed by atoms with E-state index in [2.05, 4.69) is 99.8 Å². The highest BCUT2D eigenvalue weighted by molar-refractivity contribution is 9.10. The van der Waals surface area contributed by atoms with E-state index in [1.807, 2.05) is 0 Å². The standard InChI is InChI=1S/C25H24BrN2O.BrH/c1-17-11-23-24(12-18(17)2)28(15-21-5-3-4-6-22(21)26)16-27(23)14-19-7-8-25-20(13-19)9-10-29-25;/h3-8,11-13,16H,9-10,14-15H2,1-2H3;1H/q+1;/p-1. The van der Waals surface area contributed by atoms with Crippen LogP contribution in [-0.2, 0) is 19.5 Å². The molecule has 0 amide bonds. The highest BCUT2D eigenvalue weighted by Crippen LogP contribution is 2.26. The van der Waals surface area contributed by atoms with Gasteiger partial charge in [-0.15, -0.1) is 0 Å². The highest BCUT2D eigenvalue weighted by atomic mass is 79.9. The van der Waals surface area contributed by atoms with E-state index in [1.54, 1.807) is 0 Å². The fraction of sp³-hybridized carbons (Fsp3) is 0.240. The van der Waals surface area contributed by atoms with Gasteiger partial charge in [0.1, 0.15) is 18.8 Å². The maximum Gasteiger partial charge on any atom is 0.245 e. The molecule has 30 heavy (non-hydrogen) atoms. The van der Waals surface area contributed by atoms with Gasteiger partial charge in [-0.05, 0) is 66.4 Å². The van der Waals surface area contributed by atoms with Crippen LogP contribution in [0.2, 0.25) is 0 Å². The Labute approximate surface area is 196 Å². The van der Waals surface area contributed by atoms with E-state index >= 15 is 0 Å². The molecule has 0 N–H and O–H groups in total. The third kappa shape index (κ3) is 3.93. The molecule has 2 heterocycles. The molecule has 0 fully saturated rings. The van der Waals surface area contributed by atoms with Crippen molar-refractivity contribution in [2.24, 2.45) is 0 Å². The van der Waals surface area contributed by atoms with Crippen LogP contribution in [-0.4, -0.2) is 11.2 Å². The van der Waals surface area contributed by atoms with E-state index in [4.69, 9.17) is 4.74 Å². The minimum Gasteiger partial charge on any atom is -1.00 e. The van der Waals surface area contributed by atoms with Crippen LogP contribution < -0.4 is 26.3 Å². The third-order valence-electron chi connectivity index (χ3n) is 5.89. The van der Waals surface area contributed by atoms with Crippen LogP contribution in [0, 0.1) is 13.8 Å². The van der Waals surface area contributed by atoms with Gasteiger partial charge in [0.25, 0.3) is 0 Å². The molecule has 5 heteroatoms. The van der Waals surface area contributed by atoms with Crippen molar-refractivity contribution in [1.82, 2.24) is 4.57 Å². The number of benzene rings is 3. The van der Waals surface area contributed by atoms with Gasteiger partial charge in [-0.1, -0.05) is 40.2 Å². The molecule has 3 nitrogen and oxygen atoms in total. The SMILES string of the molecule is Cc1cc2c(cc1C)[n+](Cc1ccc3c(c1)CCO3)cn2Cc1ccccc1Br.[Br-]. The van der Waals surface area contributed by atoms with Crippen molar-refractivity contribution < 1.29 is 26.3 Å². The molecule has 0 spiro atoms. The lowest BCUT2D eigenvalue weighted by Gasteiger charge is -2.04. The number of hydrogen-bond acceptors (Lipinski definition) is 1. The zero-order chi connectivity index (χ0) is 20.0. The second kappa shape index (κ2) is 8.56. The van der Waals surface area contributed by atoms with Crippen molar-refractivity contribution in [3.05, 3.63) is 93.2 Å². The number of imidazole rings is 1. The maximum absolute atomic E-state index is 5.67. The lowest BCUT2D eigenvalue weighted by molar-refractivity contribution is -0.663. The lowest BCUT2D eigenvalue weighted by Crippen LogP contribution is -3.00. The number of halogens is 2. The van der Waals surface area contributed by atoms with Crippen LogP contribution in [0.4, 0.5) is 0 Å². The molecule has 0 unspecified atom stereocenters. The molecule has 4 aromatic rings. The topological polar surface area (TPSA) is 18.0 Å². The Morgan fingerprint density at radius 2 is 1.83 bits per heavy atom. The number of nitrogens with zero attached hydrogens (tertiary/aromatic N) is 2. The summed E-state index contributed by atoms with van der Waals surface area (Å²) in [6, 6.07) is 19.7. The van der Waals surface area contributed by atoms with Gasteiger partial charge < -0.3 is 21.7 Å². The molecule has 0 atom stereocenters. The highest BCUT2D eigenvalue weighted by Gasteiger charge is 2.19. The summed E-state index contributed by atoms with van der Waals surface area (Å²) in [4.78, 5) is 0. The molecule has 3 aromatic carbocycles. The van der Waals surface area contributed by atoms with E-state index in [0.29, 0.717) is 0 Å². The van der Waals surface area contributed by atoms with Crippen molar-refractivity contribution in [3.8, 4) is 5.75 Å². The normalized spacial score (nSPS) is 12.5. The van der Waals surface area contributed by atoms with Gasteiger partial charge in [0.05, 0.1) is 6.61 Å². The zero-order valence-corrected chi connectivity index (χ0v) is 20.3. The fourth-order valence-corrected chi connectivity index (χ4v) is 4.55. The molecule has 5 rings (SSSR count). The van der Waals surface area contributed by atoms with Crippen LogP contribution in [0.15, 0.2) is 65.4 Å². The first-order valence-electron chi connectivity index (χ1n) is 10.1. The Morgan fingerprint density at radius 1 is 1.03 bits per heavy atom. The first kappa shape index (κ1) is 21.1. The fourth-order valence-electron chi connectivity index (χ4n) is 4.14. The van der Waals surface area contributed by atoms with Crippen molar-refractivity contribution in [2.75, 3.05) is 6.61 Å². The molecule has 0 saturated heterocycles. The summed E-state index contributed by atoms with van der Waals surface area (Å²) in [7, 11) is 0. The predicted octanol–water partition coefficient (Wildman–Crippen LogP) is 2.34. The van der Waals surface area contributed by atoms with E-state index < -0.39 is 0 Å². The summed E-state index contributed by atoms with van der Waals surface area (Å²) >= 11 is 3.70. The Hall–Kier alpha value is -2.11. The summed E-state index contributed by atoms with van der Waals surface area (Å²) in [5.74, 6) is 1.04. The number of fused-ring (bicyclic) bond motifs is 2.